The lowest BCUT2D eigenvalue weighted by molar-refractivity contribution is -0.385. The summed E-state index contributed by atoms with van der Waals surface area (Å²) in [6, 6.07) is 10.4. The molecule has 0 aliphatic rings. The number of aryl methyl sites for hydroxylation is 1. The third kappa shape index (κ3) is 3.37. The molecule has 0 heterocycles. The van der Waals surface area contributed by atoms with Crippen molar-refractivity contribution in [2.45, 2.75) is 12.3 Å². The zero-order valence-electron chi connectivity index (χ0n) is 10.6. The van der Waals surface area contributed by atoms with E-state index in [2.05, 4.69) is 31.9 Å². The summed E-state index contributed by atoms with van der Waals surface area (Å²) in [5.41, 5.74) is 1.69. The summed E-state index contributed by atoms with van der Waals surface area (Å²) in [6.45, 7) is 1.89. The Morgan fingerprint density at radius 3 is 2.50 bits per heavy atom. The van der Waals surface area contributed by atoms with E-state index in [4.69, 9.17) is 4.74 Å². The lowest BCUT2D eigenvalue weighted by atomic mass is 10.2. The molecule has 2 aromatic rings. The molecule has 0 atom stereocenters. The number of hydrogen-bond acceptors (Lipinski definition) is 3. The molecule has 0 saturated heterocycles. The zero-order chi connectivity index (χ0) is 14.7. The first kappa shape index (κ1) is 15.0. The van der Waals surface area contributed by atoms with Crippen molar-refractivity contribution in [2.24, 2.45) is 0 Å². The van der Waals surface area contributed by atoms with E-state index >= 15 is 0 Å². The van der Waals surface area contributed by atoms with Crippen LogP contribution >= 0.6 is 31.9 Å². The monoisotopic (exact) mass is 399 g/mol. The van der Waals surface area contributed by atoms with Gasteiger partial charge in [-0.2, -0.15) is 0 Å². The van der Waals surface area contributed by atoms with E-state index in [1.165, 1.54) is 6.07 Å². The quantitative estimate of drug-likeness (QED) is 0.394. The third-order valence-electron chi connectivity index (χ3n) is 2.73. The smallest absolute Gasteiger partial charge is 0.311 e. The average Bonchev–Trinajstić information content (AvgIpc) is 2.42. The predicted molar refractivity (Wildman–Crippen MR) is 84.7 cm³/mol. The summed E-state index contributed by atoms with van der Waals surface area (Å²) in [5.74, 6) is 0.841. The largest absolute Gasteiger partial charge is 0.450 e. The van der Waals surface area contributed by atoms with Crippen LogP contribution in [0.3, 0.4) is 0 Å². The number of rotatable bonds is 4. The van der Waals surface area contributed by atoms with E-state index < -0.39 is 4.92 Å². The molecule has 2 rings (SSSR count). The third-order valence-corrected chi connectivity index (χ3v) is 3.87. The van der Waals surface area contributed by atoms with Crippen molar-refractivity contribution >= 4 is 37.5 Å². The maximum Gasteiger partial charge on any atom is 0.311 e. The standard InChI is InChI=1S/C14H11Br2NO3/c1-9-6-11(16)3-5-13(9)20-14-4-2-10(8-15)7-12(14)17(18)19/h2-7H,8H2,1H3. The van der Waals surface area contributed by atoms with E-state index in [0.717, 1.165) is 15.6 Å². The summed E-state index contributed by atoms with van der Waals surface area (Å²) in [4.78, 5) is 10.7. The van der Waals surface area contributed by atoms with Gasteiger partial charge in [0, 0.05) is 15.9 Å². The van der Waals surface area contributed by atoms with Gasteiger partial charge in [-0.1, -0.05) is 37.9 Å². The highest BCUT2D eigenvalue weighted by Crippen LogP contribution is 2.34. The molecule has 0 aliphatic heterocycles. The first-order valence-corrected chi connectivity index (χ1v) is 7.70. The molecule has 0 N–H and O–H groups in total. The normalized spacial score (nSPS) is 10.3. The minimum Gasteiger partial charge on any atom is -0.450 e. The van der Waals surface area contributed by atoms with Gasteiger partial charge in [0.05, 0.1) is 4.92 Å². The molecule has 0 aliphatic carbocycles. The molecule has 0 saturated carbocycles. The van der Waals surface area contributed by atoms with Crippen LogP contribution in [0.25, 0.3) is 0 Å². The molecule has 4 nitrogen and oxygen atoms in total. The van der Waals surface area contributed by atoms with E-state index in [0.29, 0.717) is 11.1 Å². The number of benzene rings is 2. The van der Waals surface area contributed by atoms with E-state index in [-0.39, 0.29) is 11.4 Å². The van der Waals surface area contributed by atoms with E-state index in [9.17, 15) is 10.1 Å². The fraction of sp³-hybridized carbons (Fsp3) is 0.143. The molecular formula is C14H11Br2NO3. The zero-order valence-corrected chi connectivity index (χ0v) is 13.8. The van der Waals surface area contributed by atoms with Crippen LogP contribution < -0.4 is 4.74 Å². The molecule has 0 amide bonds. The second kappa shape index (κ2) is 6.37. The van der Waals surface area contributed by atoms with Crippen molar-refractivity contribution in [2.75, 3.05) is 0 Å². The Kier molecular flexibility index (Phi) is 4.77. The van der Waals surface area contributed by atoms with Gasteiger partial charge in [0.25, 0.3) is 0 Å². The molecular weight excluding hydrogens is 390 g/mol. The van der Waals surface area contributed by atoms with Gasteiger partial charge in [0.15, 0.2) is 0 Å². The first-order chi connectivity index (χ1) is 9.51. The molecule has 0 unspecified atom stereocenters. The molecule has 0 spiro atoms. The molecule has 20 heavy (non-hydrogen) atoms. The highest BCUT2D eigenvalue weighted by atomic mass is 79.9. The van der Waals surface area contributed by atoms with Crippen molar-refractivity contribution in [3.63, 3.8) is 0 Å². The summed E-state index contributed by atoms with van der Waals surface area (Å²) < 4.78 is 6.61. The Labute approximate surface area is 133 Å². The Morgan fingerprint density at radius 2 is 1.90 bits per heavy atom. The lowest BCUT2D eigenvalue weighted by Gasteiger charge is -2.10. The van der Waals surface area contributed by atoms with Gasteiger partial charge in [-0.05, 0) is 42.3 Å². The molecule has 104 valence electrons. The Balaban J connectivity index is 2.40. The van der Waals surface area contributed by atoms with Gasteiger partial charge in [-0.3, -0.25) is 10.1 Å². The van der Waals surface area contributed by atoms with Crippen LogP contribution in [0.15, 0.2) is 40.9 Å². The number of nitrogens with zero attached hydrogens (tertiary/aromatic N) is 1. The number of nitro benzene ring substituents is 1. The predicted octanol–water partition coefficient (Wildman–Crippen LogP) is 5.35. The number of ether oxygens (including phenoxy) is 1. The molecule has 6 heteroatoms. The van der Waals surface area contributed by atoms with Crippen LogP contribution in [-0.2, 0) is 5.33 Å². The number of alkyl halides is 1. The topological polar surface area (TPSA) is 52.4 Å². The fourth-order valence-electron chi connectivity index (χ4n) is 1.72. The minimum atomic E-state index is -0.435. The Morgan fingerprint density at radius 1 is 1.20 bits per heavy atom. The number of hydrogen-bond donors (Lipinski definition) is 0. The van der Waals surface area contributed by atoms with Gasteiger partial charge in [-0.15, -0.1) is 0 Å². The van der Waals surface area contributed by atoms with Crippen LogP contribution in [-0.4, -0.2) is 4.92 Å². The maximum absolute atomic E-state index is 11.1. The van der Waals surface area contributed by atoms with Crippen LogP contribution in [0.1, 0.15) is 11.1 Å². The lowest BCUT2D eigenvalue weighted by Crippen LogP contribution is -1.95. The molecule has 0 bridgehead atoms. The van der Waals surface area contributed by atoms with Crippen molar-refractivity contribution in [1.29, 1.82) is 0 Å². The van der Waals surface area contributed by atoms with E-state index in [1.807, 2.05) is 19.1 Å². The second-order valence-electron chi connectivity index (χ2n) is 4.20. The van der Waals surface area contributed by atoms with Crippen molar-refractivity contribution < 1.29 is 9.66 Å². The van der Waals surface area contributed by atoms with Crippen LogP contribution in [0, 0.1) is 17.0 Å². The summed E-state index contributed by atoms with van der Waals surface area (Å²) >= 11 is 6.65. The van der Waals surface area contributed by atoms with Gasteiger partial charge in [0.2, 0.25) is 5.75 Å². The SMILES string of the molecule is Cc1cc(Br)ccc1Oc1ccc(CBr)cc1[N+](=O)[O-]. The van der Waals surface area contributed by atoms with Crippen molar-refractivity contribution in [3.05, 3.63) is 62.1 Å². The van der Waals surface area contributed by atoms with E-state index in [1.54, 1.807) is 18.2 Å². The summed E-state index contributed by atoms with van der Waals surface area (Å²) in [5, 5.41) is 11.7. The Bertz CT molecular complexity index is 659. The minimum absolute atomic E-state index is 0.0377. The van der Waals surface area contributed by atoms with Crippen LogP contribution in [0.2, 0.25) is 0 Å². The highest BCUT2D eigenvalue weighted by Gasteiger charge is 2.17. The first-order valence-electron chi connectivity index (χ1n) is 5.78. The number of halogens is 2. The van der Waals surface area contributed by atoms with Gasteiger partial charge >= 0.3 is 5.69 Å². The highest BCUT2D eigenvalue weighted by molar-refractivity contribution is 9.10. The van der Waals surface area contributed by atoms with Crippen molar-refractivity contribution in [3.8, 4) is 11.5 Å². The molecule has 0 aromatic heterocycles. The van der Waals surface area contributed by atoms with Crippen LogP contribution in [0.5, 0.6) is 11.5 Å². The van der Waals surface area contributed by atoms with Crippen molar-refractivity contribution in [1.82, 2.24) is 0 Å². The number of nitro groups is 1. The average molecular weight is 401 g/mol. The van der Waals surface area contributed by atoms with Crippen LogP contribution in [0.4, 0.5) is 5.69 Å². The molecule has 0 radical (unpaired) electrons. The molecule has 2 aromatic carbocycles. The Hall–Kier alpha value is -1.40. The van der Waals surface area contributed by atoms with Gasteiger partial charge in [0.1, 0.15) is 5.75 Å². The van der Waals surface area contributed by atoms with Gasteiger partial charge < -0.3 is 4.74 Å². The molecule has 0 fully saturated rings. The van der Waals surface area contributed by atoms with Gasteiger partial charge in [-0.25, -0.2) is 0 Å². The second-order valence-corrected chi connectivity index (χ2v) is 5.68. The summed E-state index contributed by atoms with van der Waals surface area (Å²) in [7, 11) is 0. The maximum atomic E-state index is 11.1. The summed E-state index contributed by atoms with van der Waals surface area (Å²) in [6.07, 6.45) is 0. The fourth-order valence-corrected chi connectivity index (χ4v) is 2.55.